The smallest absolute Gasteiger partial charge is 0.142 e. The predicted octanol–water partition coefficient (Wildman–Crippen LogP) is 2.14. The molecule has 2 N–H and O–H groups in total. The number of nitrogen functional groups attached to an aromatic ring is 1. The number of rotatable bonds is 2. The quantitative estimate of drug-likeness (QED) is 0.755. The average molecular weight is 207 g/mol. The van der Waals surface area contributed by atoms with Crippen molar-refractivity contribution >= 4 is 5.69 Å². The van der Waals surface area contributed by atoms with Gasteiger partial charge in [0.1, 0.15) is 11.9 Å². The molecule has 15 heavy (non-hydrogen) atoms. The minimum Gasteiger partial charge on any atom is -0.486 e. The second kappa shape index (κ2) is 4.53. The van der Waals surface area contributed by atoms with Crippen molar-refractivity contribution in [2.75, 3.05) is 18.9 Å². The third-order valence-electron chi connectivity index (χ3n) is 2.58. The van der Waals surface area contributed by atoms with Crippen molar-refractivity contribution in [3.63, 3.8) is 0 Å². The maximum absolute atomic E-state index is 5.84. The zero-order chi connectivity index (χ0) is 10.7. The van der Waals surface area contributed by atoms with Gasteiger partial charge < -0.3 is 15.2 Å². The fraction of sp³-hybridized carbons (Fsp3) is 0.500. The molecule has 1 atom stereocenters. The molecule has 1 unspecified atom stereocenters. The molecule has 1 heterocycles. The van der Waals surface area contributed by atoms with E-state index in [1.54, 1.807) is 0 Å². The van der Waals surface area contributed by atoms with Crippen LogP contribution in [0.2, 0.25) is 0 Å². The van der Waals surface area contributed by atoms with E-state index in [4.69, 9.17) is 15.2 Å². The molecule has 1 aromatic rings. The van der Waals surface area contributed by atoms with Gasteiger partial charge in [0.2, 0.25) is 0 Å². The number of nitrogens with two attached hydrogens (primary N) is 1. The first-order chi connectivity index (χ1) is 7.25. The van der Waals surface area contributed by atoms with E-state index in [0.29, 0.717) is 12.3 Å². The Hall–Kier alpha value is -1.22. The number of hydrogen-bond acceptors (Lipinski definition) is 3. The van der Waals surface area contributed by atoms with Gasteiger partial charge in [-0.1, -0.05) is 6.07 Å². The average Bonchev–Trinajstić information content (AvgIpc) is 2.25. The molecule has 1 aliphatic rings. The molecule has 0 spiro atoms. The Kier molecular flexibility index (Phi) is 3.11. The Morgan fingerprint density at radius 2 is 2.33 bits per heavy atom. The third-order valence-corrected chi connectivity index (χ3v) is 2.58. The summed E-state index contributed by atoms with van der Waals surface area (Å²) < 4.78 is 11.2. The van der Waals surface area contributed by atoms with Gasteiger partial charge in [-0.2, -0.15) is 0 Å². The van der Waals surface area contributed by atoms with E-state index < -0.39 is 0 Å². The Morgan fingerprint density at radius 1 is 1.47 bits per heavy atom. The van der Waals surface area contributed by atoms with Crippen LogP contribution in [0.1, 0.15) is 18.4 Å². The van der Waals surface area contributed by atoms with Crippen LogP contribution in [0.15, 0.2) is 18.2 Å². The molecule has 1 aliphatic heterocycles. The normalized spacial score (nSPS) is 21.3. The molecule has 0 radical (unpaired) electrons. The van der Waals surface area contributed by atoms with Crippen LogP contribution in [-0.2, 0) is 4.74 Å². The van der Waals surface area contributed by atoms with E-state index in [0.717, 1.165) is 30.8 Å². The largest absolute Gasteiger partial charge is 0.486 e. The summed E-state index contributed by atoms with van der Waals surface area (Å²) >= 11 is 0. The number of hydrogen-bond donors (Lipinski definition) is 1. The minimum absolute atomic E-state index is 0.155. The zero-order valence-corrected chi connectivity index (χ0v) is 9.03. The van der Waals surface area contributed by atoms with Crippen molar-refractivity contribution in [2.45, 2.75) is 25.9 Å². The molecule has 82 valence electrons. The maximum atomic E-state index is 5.84. The second-order valence-electron chi connectivity index (χ2n) is 4.00. The van der Waals surface area contributed by atoms with E-state index in [-0.39, 0.29) is 6.10 Å². The van der Waals surface area contributed by atoms with Crippen LogP contribution in [0, 0.1) is 6.92 Å². The van der Waals surface area contributed by atoms with Crippen molar-refractivity contribution in [1.29, 1.82) is 0 Å². The molecule has 0 aliphatic carbocycles. The second-order valence-corrected chi connectivity index (χ2v) is 4.00. The predicted molar refractivity (Wildman–Crippen MR) is 60.1 cm³/mol. The molecule has 3 heteroatoms. The Labute approximate surface area is 90.2 Å². The fourth-order valence-electron chi connectivity index (χ4n) is 1.73. The van der Waals surface area contributed by atoms with Gasteiger partial charge in [-0.3, -0.25) is 0 Å². The molecule has 0 aromatic heterocycles. The van der Waals surface area contributed by atoms with E-state index >= 15 is 0 Å². The lowest BCUT2D eigenvalue weighted by Crippen LogP contribution is -2.28. The van der Waals surface area contributed by atoms with Gasteiger partial charge in [-0.15, -0.1) is 0 Å². The van der Waals surface area contributed by atoms with Gasteiger partial charge in [0.05, 0.1) is 12.3 Å². The lowest BCUT2D eigenvalue weighted by molar-refractivity contribution is 0.00774. The molecule has 3 nitrogen and oxygen atoms in total. The molecule has 1 fully saturated rings. The van der Waals surface area contributed by atoms with E-state index in [9.17, 15) is 0 Å². The van der Waals surface area contributed by atoms with Gasteiger partial charge in [0, 0.05) is 6.61 Å². The van der Waals surface area contributed by atoms with Crippen molar-refractivity contribution in [1.82, 2.24) is 0 Å². The summed E-state index contributed by atoms with van der Waals surface area (Å²) in [6.45, 7) is 3.56. The lowest BCUT2D eigenvalue weighted by Gasteiger charge is -2.24. The van der Waals surface area contributed by atoms with Crippen LogP contribution >= 0.6 is 0 Å². The van der Waals surface area contributed by atoms with Crippen molar-refractivity contribution < 1.29 is 9.47 Å². The lowest BCUT2D eigenvalue weighted by atomic mass is 10.1. The van der Waals surface area contributed by atoms with Crippen molar-refractivity contribution in [3.05, 3.63) is 23.8 Å². The van der Waals surface area contributed by atoms with Gasteiger partial charge in [-0.25, -0.2) is 0 Å². The first kappa shape index (κ1) is 10.3. The minimum atomic E-state index is 0.155. The Morgan fingerprint density at radius 3 is 3.07 bits per heavy atom. The first-order valence-electron chi connectivity index (χ1n) is 5.36. The molecule has 0 amide bonds. The van der Waals surface area contributed by atoms with Crippen LogP contribution < -0.4 is 10.5 Å². The monoisotopic (exact) mass is 207 g/mol. The number of ether oxygens (including phenoxy) is 2. The maximum Gasteiger partial charge on any atom is 0.142 e. The molecule has 0 bridgehead atoms. The summed E-state index contributed by atoms with van der Waals surface area (Å²) in [5.41, 5.74) is 7.70. The summed E-state index contributed by atoms with van der Waals surface area (Å²) in [6, 6.07) is 5.85. The summed E-state index contributed by atoms with van der Waals surface area (Å²) in [4.78, 5) is 0. The topological polar surface area (TPSA) is 44.5 Å². The summed E-state index contributed by atoms with van der Waals surface area (Å²) in [5.74, 6) is 0.783. The van der Waals surface area contributed by atoms with Crippen LogP contribution in [0.25, 0.3) is 0 Å². The van der Waals surface area contributed by atoms with Crippen LogP contribution in [0.5, 0.6) is 5.75 Å². The highest BCUT2D eigenvalue weighted by molar-refractivity contribution is 5.53. The third kappa shape index (κ3) is 2.63. The van der Waals surface area contributed by atoms with E-state index in [2.05, 4.69) is 0 Å². The zero-order valence-electron chi connectivity index (χ0n) is 9.03. The molecule has 2 rings (SSSR count). The van der Waals surface area contributed by atoms with Gasteiger partial charge >= 0.3 is 0 Å². The summed E-state index contributed by atoms with van der Waals surface area (Å²) in [6.07, 6.45) is 2.27. The van der Waals surface area contributed by atoms with Crippen molar-refractivity contribution in [2.24, 2.45) is 0 Å². The van der Waals surface area contributed by atoms with Crippen molar-refractivity contribution in [3.8, 4) is 5.75 Å². The number of anilines is 1. The van der Waals surface area contributed by atoms with E-state index in [1.165, 1.54) is 0 Å². The van der Waals surface area contributed by atoms with E-state index in [1.807, 2.05) is 25.1 Å². The highest BCUT2D eigenvalue weighted by Crippen LogP contribution is 2.25. The standard InChI is InChI=1S/C12H17NO2/c1-9-4-5-11(13)12(7-9)15-10-3-2-6-14-8-10/h4-5,7,10H,2-3,6,8,13H2,1H3. The molecule has 1 aromatic carbocycles. The number of aryl methyl sites for hydroxylation is 1. The van der Waals surface area contributed by atoms with Crippen LogP contribution in [-0.4, -0.2) is 19.3 Å². The molecule has 0 saturated carbocycles. The Balaban J connectivity index is 2.05. The highest BCUT2D eigenvalue weighted by Gasteiger charge is 2.16. The Bertz CT molecular complexity index is 332. The van der Waals surface area contributed by atoms with Gasteiger partial charge in [0.15, 0.2) is 0 Å². The molecular formula is C12H17NO2. The van der Waals surface area contributed by atoms with Gasteiger partial charge in [0.25, 0.3) is 0 Å². The van der Waals surface area contributed by atoms with Crippen LogP contribution in [0.3, 0.4) is 0 Å². The molecular weight excluding hydrogens is 190 g/mol. The highest BCUT2D eigenvalue weighted by atomic mass is 16.5. The first-order valence-corrected chi connectivity index (χ1v) is 5.36. The SMILES string of the molecule is Cc1ccc(N)c(OC2CCCOC2)c1. The summed E-state index contributed by atoms with van der Waals surface area (Å²) in [7, 11) is 0. The van der Waals surface area contributed by atoms with Crippen LogP contribution in [0.4, 0.5) is 5.69 Å². The fourth-order valence-corrected chi connectivity index (χ4v) is 1.73. The number of benzene rings is 1. The molecule has 1 saturated heterocycles. The summed E-state index contributed by atoms with van der Waals surface area (Å²) in [5, 5.41) is 0. The van der Waals surface area contributed by atoms with Gasteiger partial charge in [-0.05, 0) is 37.5 Å².